The number of hydrogen-bond donors (Lipinski definition) is 2. The molecule has 1 atom stereocenters. The van der Waals surface area contributed by atoms with E-state index in [1.165, 1.54) is 10.9 Å². The van der Waals surface area contributed by atoms with Crippen molar-refractivity contribution >= 4 is 17.4 Å². The summed E-state index contributed by atoms with van der Waals surface area (Å²) in [5.74, 6) is -0.606. The van der Waals surface area contributed by atoms with Crippen molar-refractivity contribution in [1.82, 2.24) is 20.1 Å². The highest BCUT2D eigenvalue weighted by Gasteiger charge is 2.33. The fourth-order valence-corrected chi connectivity index (χ4v) is 3.07. The van der Waals surface area contributed by atoms with Gasteiger partial charge in [0.1, 0.15) is 0 Å². The normalized spacial score (nSPS) is 16.0. The van der Waals surface area contributed by atoms with Gasteiger partial charge in [0.05, 0.1) is 34.2 Å². The smallest absolute Gasteiger partial charge is 0.395 e. The van der Waals surface area contributed by atoms with Crippen LogP contribution in [0.3, 0.4) is 0 Å². The third-order valence-corrected chi connectivity index (χ3v) is 4.29. The lowest BCUT2D eigenvalue weighted by atomic mass is 9.93. The van der Waals surface area contributed by atoms with E-state index in [0.717, 1.165) is 5.56 Å². The molecular weight excluding hydrogens is 336 g/mol. The van der Waals surface area contributed by atoms with Crippen molar-refractivity contribution in [1.29, 1.82) is 0 Å². The molecule has 26 heavy (non-hydrogen) atoms. The van der Waals surface area contributed by atoms with E-state index in [0.29, 0.717) is 28.9 Å². The summed E-state index contributed by atoms with van der Waals surface area (Å²) in [5.41, 5.74) is 8.52. The minimum atomic E-state index is -0.549. The molecule has 0 saturated carbocycles. The van der Waals surface area contributed by atoms with Gasteiger partial charge >= 0.3 is 5.82 Å². The predicted octanol–water partition coefficient (Wildman–Crippen LogP) is 1.78. The van der Waals surface area contributed by atoms with Gasteiger partial charge in [-0.05, 0) is 41.2 Å². The summed E-state index contributed by atoms with van der Waals surface area (Å²) in [7, 11) is 0. The Bertz CT molecular complexity index is 1030. The summed E-state index contributed by atoms with van der Waals surface area (Å²) in [4.78, 5) is 27.2. The first-order valence-corrected chi connectivity index (χ1v) is 7.86. The van der Waals surface area contributed by atoms with Crippen molar-refractivity contribution in [2.45, 2.75) is 12.5 Å². The van der Waals surface area contributed by atoms with E-state index in [1.54, 1.807) is 42.7 Å². The second-order valence-electron chi connectivity index (χ2n) is 5.97. The van der Waals surface area contributed by atoms with Gasteiger partial charge in [0.15, 0.2) is 0 Å². The number of nitrogens with one attached hydrogen (secondary N) is 1. The maximum absolute atomic E-state index is 12.3. The first-order valence-electron chi connectivity index (χ1n) is 7.86. The zero-order valence-electron chi connectivity index (χ0n) is 13.5. The van der Waals surface area contributed by atoms with E-state index in [9.17, 15) is 14.9 Å². The lowest BCUT2D eigenvalue weighted by Gasteiger charge is -2.23. The number of hydrogen-bond acceptors (Lipinski definition) is 6. The van der Waals surface area contributed by atoms with Crippen LogP contribution < -0.4 is 11.1 Å². The van der Waals surface area contributed by atoms with Crippen LogP contribution in [0.25, 0.3) is 5.69 Å². The van der Waals surface area contributed by atoms with Crippen molar-refractivity contribution in [2.75, 3.05) is 5.73 Å². The summed E-state index contributed by atoms with van der Waals surface area (Å²) < 4.78 is 1.40. The van der Waals surface area contributed by atoms with Crippen molar-refractivity contribution in [2.24, 2.45) is 0 Å². The summed E-state index contributed by atoms with van der Waals surface area (Å²) in [6.07, 6.45) is 5.07. The van der Waals surface area contributed by atoms with Crippen LogP contribution in [-0.4, -0.2) is 25.6 Å². The molecule has 0 bridgehead atoms. The number of nitrogens with two attached hydrogens (primary N) is 1. The molecule has 9 nitrogen and oxygen atoms in total. The van der Waals surface area contributed by atoms with Crippen molar-refractivity contribution < 1.29 is 9.72 Å². The largest absolute Gasteiger partial charge is 0.399 e. The Morgan fingerprint density at radius 2 is 2.19 bits per heavy atom. The molecule has 9 heteroatoms. The second-order valence-corrected chi connectivity index (χ2v) is 5.97. The number of anilines is 1. The molecular formula is C17H14N6O3. The van der Waals surface area contributed by atoms with E-state index >= 15 is 0 Å². The SMILES string of the molecule is Nc1cccc(-n2cc(C3Cc4ccncc4C(=O)N3)c([N+](=O)[O-])n2)c1. The summed E-state index contributed by atoms with van der Waals surface area (Å²) in [6, 6.07) is 8.07. The van der Waals surface area contributed by atoms with Crippen LogP contribution >= 0.6 is 0 Å². The van der Waals surface area contributed by atoms with Gasteiger partial charge in [-0.3, -0.25) is 9.78 Å². The highest BCUT2D eigenvalue weighted by molar-refractivity contribution is 5.96. The van der Waals surface area contributed by atoms with E-state index in [1.807, 2.05) is 0 Å². The molecule has 130 valence electrons. The standard InChI is InChI=1S/C17H14N6O3/c18-11-2-1-3-12(7-11)22-9-14(16(21-22)23(25)26)15-6-10-4-5-19-8-13(10)17(24)20-15/h1-5,7-9,15H,6,18H2,(H,20,24). The third kappa shape index (κ3) is 2.65. The Hall–Kier alpha value is -3.75. The topological polar surface area (TPSA) is 129 Å². The zero-order valence-corrected chi connectivity index (χ0v) is 13.5. The van der Waals surface area contributed by atoms with Crippen LogP contribution in [0, 0.1) is 10.1 Å². The maximum atomic E-state index is 12.3. The van der Waals surface area contributed by atoms with Gasteiger partial charge in [-0.1, -0.05) is 6.07 Å². The Morgan fingerprint density at radius 1 is 1.35 bits per heavy atom. The van der Waals surface area contributed by atoms with Crippen molar-refractivity contribution in [3.63, 3.8) is 0 Å². The molecule has 1 unspecified atom stereocenters. The summed E-state index contributed by atoms with van der Waals surface area (Å²) >= 11 is 0. The zero-order chi connectivity index (χ0) is 18.3. The van der Waals surface area contributed by atoms with Gasteiger partial charge in [0, 0.05) is 18.1 Å². The van der Waals surface area contributed by atoms with Crippen LogP contribution in [0.1, 0.15) is 27.5 Å². The van der Waals surface area contributed by atoms with Gasteiger partial charge < -0.3 is 21.2 Å². The quantitative estimate of drug-likeness (QED) is 0.421. The Kier molecular flexibility index (Phi) is 3.61. The number of carbonyl (C=O) groups is 1. The third-order valence-electron chi connectivity index (χ3n) is 4.29. The number of nitro groups is 1. The minimum absolute atomic E-state index is 0.296. The molecule has 3 aromatic rings. The number of amides is 1. The average molecular weight is 350 g/mol. The van der Waals surface area contributed by atoms with Gasteiger partial charge in [0.2, 0.25) is 0 Å². The number of fused-ring (bicyclic) bond motifs is 1. The van der Waals surface area contributed by atoms with E-state index in [2.05, 4.69) is 15.4 Å². The lowest BCUT2D eigenvalue weighted by Crippen LogP contribution is -2.35. The number of rotatable bonds is 3. The Balaban J connectivity index is 1.77. The first-order chi connectivity index (χ1) is 12.5. The highest BCUT2D eigenvalue weighted by Crippen LogP contribution is 2.31. The monoisotopic (exact) mass is 350 g/mol. The summed E-state index contributed by atoms with van der Waals surface area (Å²) in [5, 5.41) is 18.4. The Morgan fingerprint density at radius 3 is 2.96 bits per heavy atom. The van der Waals surface area contributed by atoms with Crippen LogP contribution in [0.15, 0.2) is 48.9 Å². The molecule has 3 N–H and O–H groups in total. The molecule has 0 fully saturated rings. The van der Waals surface area contributed by atoms with Crippen LogP contribution in [0.5, 0.6) is 0 Å². The molecule has 3 heterocycles. The molecule has 1 aliphatic heterocycles. The number of carbonyl (C=O) groups excluding carboxylic acids is 1. The van der Waals surface area contributed by atoms with E-state index < -0.39 is 11.0 Å². The van der Waals surface area contributed by atoms with Crippen molar-refractivity contribution in [3.8, 4) is 5.69 Å². The number of aromatic nitrogens is 3. The minimum Gasteiger partial charge on any atom is -0.399 e. The maximum Gasteiger partial charge on any atom is 0.395 e. The predicted molar refractivity (Wildman–Crippen MR) is 92.8 cm³/mol. The second kappa shape index (κ2) is 5.96. The van der Waals surface area contributed by atoms with Gasteiger partial charge in [-0.25, -0.2) is 0 Å². The molecule has 0 spiro atoms. The van der Waals surface area contributed by atoms with Crippen molar-refractivity contribution in [3.05, 3.63) is 75.7 Å². The molecule has 1 aromatic carbocycles. The molecule has 2 aromatic heterocycles. The fraction of sp³-hybridized carbons (Fsp3) is 0.118. The number of benzene rings is 1. The van der Waals surface area contributed by atoms with Gasteiger partial charge in [-0.15, -0.1) is 4.68 Å². The van der Waals surface area contributed by atoms with Crippen LogP contribution in [0.2, 0.25) is 0 Å². The Labute approximate surface area is 147 Å². The first kappa shape index (κ1) is 15.8. The molecule has 1 amide bonds. The molecule has 0 radical (unpaired) electrons. The van der Waals surface area contributed by atoms with Crippen LogP contribution in [0.4, 0.5) is 11.5 Å². The number of nitrogens with zero attached hydrogens (tertiary/aromatic N) is 4. The van der Waals surface area contributed by atoms with E-state index in [4.69, 9.17) is 5.73 Å². The highest BCUT2D eigenvalue weighted by atomic mass is 16.6. The molecule has 0 saturated heterocycles. The lowest BCUT2D eigenvalue weighted by molar-refractivity contribution is -0.390. The molecule has 0 aliphatic carbocycles. The number of pyridine rings is 1. The fourth-order valence-electron chi connectivity index (χ4n) is 3.07. The summed E-state index contributed by atoms with van der Waals surface area (Å²) in [6.45, 7) is 0. The number of nitrogen functional groups attached to an aromatic ring is 1. The molecule has 1 aliphatic rings. The molecule has 4 rings (SSSR count). The van der Waals surface area contributed by atoms with Gasteiger partial charge in [-0.2, -0.15) is 0 Å². The van der Waals surface area contributed by atoms with Gasteiger partial charge in [0.25, 0.3) is 5.91 Å². The average Bonchev–Trinajstić information content (AvgIpc) is 3.07. The van der Waals surface area contributed by atoms with Crippen LogP contribution in [-0.2, 0) is 6.42 Å². The van der Waals surface area contributed by atoms with E-state index in [-0.39, 0.29) is 11.7 Å².